The van der Waals surface area contributed by atoms with Crippen LogP contribution in [0.2, 0.25) is 0 Å². The van der Waals surface area contributed by atoms with Gasteiger partial charge < -0.3 is 24.8 Å². The summed E-state index contributed by atoms with van der Waals surface area (Å²) < 4.78 is 17.2. The fourth-order valence-electron chi connectivity index (χ4n) is 4.23. The number of anilines is 1. The van der Waals surface area contributed by atoms with Crippen molar-refractivity contribution >= 4 is 12.0 Å². The zero-order chi connectivity index (χ0) is 22.6. The number of hydrogen-bond donors (Lipinski definition) is 2. The van der Waals surface area contributed by atoms with Gasteiger partial charge in [-0.05, 0) is 24.1 Å². The van der Waals surface area contributed by atoms with Gasteiger partial charge in [-0.3, -0.25) is 0 Å². The summed E-state index contributed by atoms with van der Waals surface area (Å²) >= 11 is 0. The molecule has 1 amide bonds. The summed E-state index contributed by atoms with van der Waals surface area (Å²) in [5.41, 5.74) is 4.17. The molecule has 0 radical (unpaired) electrons. The number of amides is 1. The lowest BCUT2D eigenvalue weighted by Gasteiger charge is -2.18. The van der Waals surface area contributed by atoms with Gasteiger partial charge in [-0.1, -0.05) is 54.6 Å². The van der Waals surface area contributed by atoms with Crippen LogP contribution in [-0.2, 0) is 14.2 Å². The van der Waals surface area contributed by atoms with Crippen molar-refractivity contribution in [2.24, 2.45) is 0 Å². The van der Waals surface area contributed by atoms with E-state index in [0.717, 1.165) is 16.8 Å². The summed E-state index contributed by atoms with van der Waals surface area (Å²) in [4.78, 5) is 20.8. The molecule has 0 saturated carbocycles. The average Bonchev–Trinajstić information content (AvgIpc) is 3.43. The van der Waals surface area contributed by atoms with Gasteiger partial charge in [0.2, 0.25) is 5.95 Å². The Morgan fingerprint density at radius 2 is 1.70 bits per heavy atom. The second-order valence-electron chi connectivity index (χ2n) is 8.03. The predicted molar refractivity (Wildman–Crippen MR) is 124 cm³/mol. The summed E-state index contributed by atoms with van der Waals surface area (Å²) in [5.74, 6) is 0.505. The third kappa shape index (κ3) is 4.67. The van der Waals surface area contributed by atoms with Gasteiger partial charge in [0.15, 0.2) is 6.10 Å². The highest BCUT2D eigenvalue weighted by molar-refractivity contribution is 5.69. The molecule has 8 heteroatoms. The van der Waals surface area contributed by atoms with E-state index in [-0.39, 0.29) is 18.2 Å². The standard InChI is InChI=1S/C25H26N4O4/c1-2-26-25(30)33-21-15-32-22-20(14-31-23(21)22)29-24-27-13-12-19(28-24)18-10-8-17(9-11-18)16-6-4-3-5-7-16/h3-13,20-23H,2,14-15H2,1H3,(H,26,30)(H,27,28,29)/t20-,21+,22+,23+/m0/s1. The molecular formula is C25H26N4O4. The highest BCUT2D eigenvalue weighted by Crippen LogP contribution is 2.31. The van der Waals surface area contributed by atoms with Crippen LogP contribution in [0.3, 0.4) is 0 Å². The molecule has 2 aromatic carbocycles. The van der Waals surface area contributed by atoms with Crippen molar-refractivity contribution in [1.82, 2.24) is 15.3 Å². The molecule has 4 atom stereocenters. The average molecular weight is 447 g/mol. The van der Waals surface area contributed by atoms with Crippen molar-refractivity contribution in [3.63, 3.8) is 0 Å². The molecule has 2 fully saturated rings. The smallest absolute Gasteiger partial charge is 0.407 e. The molecular weight excluding hydrogens is 420 g/mol. The van der Waals surface area contributed by atoms with E-state index in [0.29, 0.717) is 25.7 Å². The fraction of sp³-hybridized carbons (Fsp3) is 0.320. The zero-order valence-corrected chi connectivity index (χ0v) is 18.3. The maximum Gasteiger partial charge on any atom is 0.407 e. The molecule has 5 rings (SSSR count). The number of nitrogens with one attached hydrogen (secondary N) is 2. The molecule has 0 bridgehead atoms. The van der Waals surface area contributed by atoms with Crippen LogP contribution >= 0.6 is 0 Å². The Hall–Kier alpha value is -3.49. The van der Waals surface area contributed by atoms with E-state index in [1.54, 1.807) is 6.20 Å². The normalized spacial score (nSPS) is 23.7. The summed E-state index contributed by atoms with van der Waals surface area (Å²) in [6.45, 7) is 3.07. The molecule has 33 heavy (non-hydrogen) atoms. The molecule has 0 spiro atoms. The Kier molecular flexibility index (Phi) is 6.19. The zero-order valence-electron chi connectivity index (χ0n) is 18.3. The highest BCUT2D eigenvalue weighted by atomic mass is 16.6. The molecule has 0 aliphatic carbocycles. The van der Waals surface area contributed by atoms with Crippen LogP contribution in [0.25, 0.3) is 22.4 Å². The maximum atomic E-state index is 11.8. The van der Waals surface area contributed by atoms with Crippen molar-refractivity contribution in [1.29, 1.82) is 0 Å². The van der Waals surface area contributed by atoms with E-state index in [1.165, 1.54) is 5.56 Å². The molecule has 2 aliphatic heterocycles. The summed E-state index contributed by atoms with van der Waals surface area (Å²) in [6, 6.07) is 20.3. The number of aromatic nitrogens is 2. The number of ether oxygens (including phenoxy) is 3. The fourth-order valence-corrected chi connectivity index (χ4v) is 4.23. The molecule has 2 N–H and O–H groups in total. The Labute approximate surface area is 192 Å². The largest absolute Gasteiger partial charge is 0.441 e. The molecule has 3 aromatic rings. The quantitative estimate of drug-likeness (QED) is 0.598. The molecule has 8 nitrogen and oxygen atoms in total. The van der Waals surface area contributed by atoms with Crippen LogP contribution in [0.4, 0.5) is 10.7 Å². The molecule has 2 aliphatic rings. The van der Waals surface area contributed by atoms with Gasteiger partial charge in [0.25, 0.3) is 0 Å². The second kappa shape index (κ2) is 9.56. The van der Waals surface area contributed by atoms with Gasteiger partial charge in [-0.25, -0.2) is 14.8 Å². The third-order valence-electron chi connectivity index (χ3n) is 5.85. The number of carbonyl (C=O) groups is 1. The Bertz CT molecular complexity index is 1090. The van der Waals surface area contributed by atoms with Gasteiger partial charge >= 0.3 is 6.09 Å². The maximum absolute atomic E-state index is 11.8. The van der Waals surface area contributed by atoms with Crippen LogP contribution in [0.1, 0.15) is 6.92 Å². The molecule has 2 saturated heterocycles. The Morgan fingerprint density at radius 3 is 2.48 bits per heavy atom. The molecule has 3 heterocycles. The van der Waals surface area contributed by atoms with E-state index in [4.69, 9.17) is 14.2 Å². The van der Waals surface area contributed by atoms with E-state index >= 15 is 0 Å². The SMILES string of the molecule is CCNC(=O)O[C@@H]1CO[C@H]2[C@@H]1OC[C@@H]2Nc1nccc(-c2ccc(-c3ccccc3)cc2)n1. The first kappa shape index (κ1) is 21.4. The van der Waals surface area contributed by atoms with Crippen LogP contribution in [-0.4, -0.2) is 60.2 Å². The number of benzene rings is 2. The van der Waals surface area contributed by atoms with Crippen molar-refractivity contribution in [2.75, 3.05) is 25.1 Å². The van der Waals surface area contributed by atoms with Crippen molar-refractivity contribution in [3.05, 3.63) is 66.9 Å². The second-order valence-corrected chi connectivity index (χ2v) is 8.03. The van der Waals surface area contributed by atoms with Gasteiger partial charge in [-0.2, -0.15) is 0 Å². The van der Waals surface area contributed by atoms with Crippen LogP contribution in [0.15, 0.2) is 66.9 Å². The monoisotopic (exact) mass is 446 g/mol. The Balaban J connectivity index is 1.25. The first-order valence-electron chi connectivity index (χ1n) is 11.1. The summed E-state index contributed by atoms with van der Waals surface area (Å²) in [5, 5.41) is 5.96. The van der Waals surface area contributed by atoms with Crippen molar-refractivity contribution < 1.29 is 19.0 Å². The van der Waals surface area contributed by atoms with Crippen molar-refractivity contribution in [2.45, 2.75) is 31.3 Å². The van der Waals surface area contributed by atoms with E-state index in [2.05, 4.69) is 57.0 Å². The summed E-state index contributed by atoms with van der Waals surface area (Å²) in [6.07, 6.45) is 0.310. The van der Waals surface area contributed by atoms with Crippen molar-refractivity contribution in [3.8, 4) is 22.4 Å². The van der Waals surface area contributed by atoms with E-state index < -0.39 is 12.2 Å². The summed E-state index contributed by atoms with van der Waals surface area (Å²) in [7, 11) is 0. The van der Waals surface area contributed by atoms with Crippen LogP contribution in [0.5, 0.6) is 0 Å². The number of hydrogen-bond acceptors (Lipinski definition) is 7. The minimum atomic E-state index is -0.457. The first-order chi connectivity index (χ1) is 16.2. The van der Waals surface area contributed by atoms with E-state index in [9.17, 15) is 4.79 Å². The molecule has 1 aromatic heterocycles. The number of fused-ring (bicyclic) bond motifs is 1. The molecule has 0 unspecified atom stereocenters. The van der Waals surface area contributed by atoms with Crippen LogP contribution in [0, 0.1) is 0 Å². The lowest BCUT2D eigenvalue weighted by Crippen LogP contribution is -2.39. The predicted octanol–water partition coefficient (Wildman–Crippen LogP) is 3.50. The lowest BCUT2D eigenvalue weighted by molar-refractivity contribution is 0.00462. The van der Waals surface area contributed by atoms with Gasteiger partial charge in [-0.15, -0.1) is 0 Å². The Morgan fingerprint density at radius 1 is 0.970 bits per heavy atom. The highest BCUT2D eigenvalue weighted by Gasteiger charge is 2.49. The van der Waals surface area contributed by atoms with E-state index in [1.807, 2.05) is 31.2 Å². The molecule has 170 valence electrons. The lowest BCUT2D eigenvalue weighted by atomic mass is 10.0. The first-order valence-corrected chi connectivity index (χ1v) is 11.1. The van der Waals surface area contributed by atoms with Gasteiger partial charge in [0.1, 0.15) is 12.2 Å². The number of alkyl carbamates (subject to hydrolysis) is 1. The number of carbonyl (C=O) groups excluding carboxylic acids is 1. The van der Waals surface area contributed by atoms with Crippen LogP contribution < -0.4 is 10.6 Å². The van der Waals surface area contributed by atoms with Gasteiger partial charge in [0, 0.05) is 18.3 Å². The van der Waals surface area contributed by atoms with Gasteiger partial charge in [0.05, 0.1) is 24.9 Å². The third-order valence-corrected chi connectivity index (χ3v) is 5.85. The minimum absolute atomic E-state index is 0.131. The topological polar surface area (TPSA) is 94.6 Å². The minimum Gasteiger partial charge on any atom is -0.441 e. The number of nitrogens with zero attached hydrogens (tertiary/aromatic N) is 2. The number of rotatable bonds is 6.